The van der Waals surface area contributed by atoms with Gasteiger partial charge in [0.2, 0.25) is 5.91 Å². The van der Waals surface area contributed by atoms with Gasteiger partial charge in [-0.3, -0.25) is 4.79 Å². The zero-order chi connectivity index (χ0) is 8.81. The highest BCUT2D eigenvalue weighted by molar-refractivity contribution is 7.07. The molecule has 0 saturated carbocycles. The Kier molecular flexibility index (Phi) is 4.04. The molecule has 0 spiro atoms. The summed E-state index contributed by atoms with van der Waals surface area (Å²) in [5.74, 6) is -0.108. The quantitative estimate of drug-likeness (QED) is 0.745. The maximum absolute atomic E-state index is 10.7. The smallest absolute Gasteiger partial charge is 0.234 e. The van der Waals surface area contributed by atoms with Gasteiger partial charge in [0.05, 0.1) is 11.2 Å². The van der Waals surface area contributed by atoms with Gasteiger partial charge in [0, 0.05) is 18.3 Å². The number of aromatic nitrogens is 1. The van der Waals surface area contributed by atoms with E-state index in [0.29, 0.717) is 6.54 Å². The first-order valence-electron chi connectivity index (χ1n) is 3.52. The molecule has 1 heterocycles. The van der Waals surface area contributed by atoms with Crippen LogP contribution in [-0.2, 0) is 11.2 Å². The Morgan fingerprint density at radius 2 is 2.58 bits per heavy atom. The second kappa shape index (κ2) is 5.11. The van der Waals surface area contributed by atoms with Crippen LogP contribution in [0.1, 0.15) is 5.69 Å². The van der Waals surface area contributed by atoms with Crippen molar-refractivity contribution in [1.82, 2.24) is 10.3 Å². The van der Waals surface area contributed by atoms with Gasteiger partial charge in [0.25, 0.3) is 0 Å². The van der Waals surface area contributed by atoms with Crippen LogP contribution in [0.5, 0.6) is 0 Å². The number of nitrogens with one attached hydrogen (secondary N) is 1. The Hall–Kier alpha value is -0.610. The molecule has 1 aromatic heterocycles. The molecule has 0 atom stereocenters. The minimum Gasteiger partial charge on any atom is -0.355 e. The third-order valence-corrected chi connectivity index (χ3v) is 2.19. The SMILES string of the molecule is O=C(CCl)NCCc1cscn1. The van der Waals surface area contributed by atoms with Crippen molar-refractivity contribution in [2.24, 2.45) is 0 Å². The molecule has 3 nitrogen and oxygen atoms in total. The standard InChI is InChI=1S/C7H9ClN2OS/c8-3-7(11)9-2-1-6-4-12-5-10-6/h4-5H,1-3H2,(H,9,11). The second-order valence-corrected chi connectivity index (χ2v) is 3.20. The Morgan fingerprint density at radius 3 is 3.17 bits per heavy atom. The van der Waals surface area contributed by atoms with Crippen molar-refractivity contribution in [2.75, 3.05) is 12.4 Å². The van der Waals surface area contributed by atoms with Crippen molar-refractivity contribution < 1.29 is 4.79 Å². The molecular weight excluding hydrogens is 196 g/mol. The maximum Gasteiger partial charge on any atom is 0.234 e. The highest BCUT2D eigenvalue weighted by atomic mass is 35.5. The molecule has 0 unspecified atom stereocenters. The number of thiazole rings is 1. The largest absolute Gasteiger partial charge is 0.355 e. The van der Waals surface area contributed by atoms with Crippen LogP contribution >= 0.6 is 22.9 Å². The van der Waals surface area contributed by atoms with Crippen LogP contribution in [-0.4, -0.2) is 23.3 Å². The molecular formula is C7H9ClN2OS. The first kappa shape index (κ1) is 9.48. The lowest BCUT2D eigenvalue weighted by molar-refractivity contribution is -0.118. The van der Waals surface area contributed by atoms with Gasteiger partial charge in [-0.15, -0.1) is 22.9 Å². The van der Waals surface area contributed by atoms with Gasteiger partial charge < -0.3 is 5.32 Å². The number of carbonyl (C=O) groups is 1. The van der Waals surface area contributed by atoms with Crippen LogP contribution in [0.2, 0.25) is 0 Å². The van der Waals surface area contributed by atoms with Crippen LogP contribution in [0.3, 0.4) is 0 Å². The fourth-order valence-electron chi connectivity index (χ4n) is 0.738. The summed E-state index contributed by atoms with van der Waals surface area (Å²) in [7, 11) is 0. The lowest BCUT2D eigenvalue weighted by Gasteiger charge is -1.99. The van der Waals surface area contributed by atoms with E-state index < -0.39 is 0 Å². The normalized spacial score (nSPS) is 9.75. The molecule has 0 radical (unpaired) electrons. The summed E-state index contributed by atoms with van der Waals surface area (Å²) in [6.07, 6.45) is 0.770. The minimum absolute atomic E-state index is 0.0249. The summed E-state index contributed by atoms with van der Waals surface area (Å²) < 4.78 is 0. The van der Waals surface area contributed by atoms with Gasteiger partial charge in [-0.2, -0.15) is 0 Å². The summed E-state index contributed by atoms with van der Waals surface area (Å²) in [4.78, 5) is 14.8. The number of carbonyl (C=O) groups excluding carboxylic acids is 1. The third kappa shape index (κ3) is 3.19. The van der Waals surface area contributed by atoms with E-state index in [2.05, 4.69) is 10.3 Å². The van der Waals surface area contributed by atoms with Crippen molar-refractivity contribution in [3.8, 4) is 0 Å². The summed E-state index contributed by atoms with van der Waals surface area (Å²) in [5.41, 5.74) is 2.79. The predicted molar refractivity (Wildman–Crippen MR) is 49.5 cm³/mol. The molecule has 1 aromatic rings. The first-order chi connectivity index (χ1) is 5.83. The molecule has 0 fully saturated rings. The van der Waals surface area contributed by atoms with Crippen molar-refractivity contribution in [1.29, 1.82) is 0 Å². The Morgan fingerprint density at radius 1 is 1.75 bits per heavy atom. The van der Waals surface area contributed by atoms with E-state index in [-0.39, 0.29) is 11.8 Å². The van der Waals surface area contributed by atoms with Crippen molar-refractivity contribution in [3.05, 3.63) is 16.6 Å². The summed E-state index contributed by atoms with van der Waals surface area (Å²) in [6.45, 7) is 0.606. The predicted octanol–water partition coefficient (Wildman–Crippen LogP) is 1.04. The number of amides is 1. The van der Waals surface area contributed by atoms with Gasteiger partial charge in [-0.05, 0) is 0 Å². The molecule has 66 valence electrons. The van der Waals surface area contributed by atoms with Gasteiger partial charge in [0.1, 0.15) is 5.88 Å². The van der Waals surface area contributed by atoms with E-state index in [0.717, 1.165) is 12.1 Å². The molecule has 0 aromatic carbocycles. The van der Waals surface area contributed by atoms with Crippen molar-refractivity contribution in [3.63, 3.8) is 0 Å². The van der Waals surface area contributed by atoms with E-state index in [9.17, 15) is 4.79 Å². The topological polar surface area (TPSA) is 42.0 Å². The van der Waals surface area contributed by atoms with Gasteiger partial charge in [0.15, 0.2) is 0 Å². The molecule has 0 aliphatic heterocycles. The zero-order valence-electron chi connectivity index (χ0n) is 6.42. The van der Waals surface area contributed by atoms with Gasteiger partial charge in [-0.25, -0.2) is 4.98 Å². The van der Waals surface area contributed by atoms with Crippen molar-refractivity contribution in [2.45, 2.75) is 6.42 Å². The summed E-state index contributed by atoms with van der Waals surface area (Å²) >= 11 is 6.84. The van der Waals surface area contributed by atoms with Crippen LogP contribution in [0.4, 0.5) is 0 Å². The maximum atomic E-state index is 10.7. The molecule has 0 saturated heterocycles. The van der Waals surface area contributed by atoms with Gasteiger partial charge in [-0.1, -0.05) is 0 Å². The highest BCUT2D eigenvalue weighted by Gasteiger charge is 1.98. The van der Waals surface area contributed by atoms with E-state index in [1.165, 1.54) is 0 Å². The van der Waals surface area contributed by atoms with E-state index in [1.807, 2.05) is 5.38 Å². The highest BCUT2D eigenvalue weighted by Crippen LogP contribution is 2.00. The lowest BCUT2D eigenvalue weighted by atomic mass is 10.3. The number of nitrogens with zero attached hydrogens (tertiary/aromatic N) is 1. The average Bonchev–Trinajstić information content (AvgIpc) is 2.57. The van der Waals surface area contributed by atoms with Crippen LogP contribution in [0.25, 0.3) is 0 Å². The number of hydrogen-bond donors (Lipinski definition) is 1. The van der Waals surface area contributed by atoms with Gasteiger partial charge >= 0.3 is 0 Å². The first-order valence-corrected chi connectivity index (χ1v) is 5.00. The van der Waals surface area contributed by atoms with E-state index in [4.69, 9.17) is 11.6 Å². The minimum atomic E-state index is -0.133. The molecule has 12 heavy (non-hydrogen) atoms. The Labute approximate surface area is 79.8 Å². The Balaban J connectivity index is 2.15. The number of rotatable bonds is 4. The summed E-state index contributed by atoms with van der Waals surface area (Å²) in [6, 6.07) is 0. The Bertz CT molecular complexity index is 238. The summed E-state index contributed by atoms with van der Waals surface area (Å²) in [5, 5.41) is 4.63. The van der Waals surface area contributed by atoms with E-state index in [1.54, 1.807) is 16.8 Å². The number of hydrogen-bond acceptors (Lipinski definition) is 3. The number of alkyl halides is 1. The molecule has 1 amide bonds. The second-order valence-electron chi connectivity index (χ2n) is 2.21. The van der Waals surface area contributed by atoms with Crippen LogP contribution in [0.15, 0.2) is 10.9 Å². The lowest BCUT2D eigenvalue weighted by Crippen LogP contribution is -2.26. The number of halogens is 1. The monoisotopic (exact) mass is 204 g/mol. The molecule has 0 aliphatic rings. The third-order valence-electron chi connectivity index (χ3n) is 1.31. The van der Waals surface area contributed by atoms with Crippen molar-refractivity contribution >= 4 is 28.8 Å². The molecule has 0 aliphatic carbocycles. The molecule has 5 heteroatoms. The fraction of sp³-hybridized carbons (Fsp3) is 0.429. The zero-order valence-corrected chi connectivity index (χ0v) is 7.99. The average molecular weight is 205 g/mol. The fourth-order valence-corrected chi connectivity index (χ4v) is 1.43. The molecule has 1 N–H and O–H groups in total. The molecule has 0 bridgehead atoms. The van der Waals surface area contributed by atoms with Crippen LogP contribution in [0, 0.1) is 0 Å². The molecule has 1 rings (SSSR count). The van der Waals surface area contributed by atoms with Crippen LogP contribution < -0.4 is 5.32 Å². The van der Waals surface area contributed by atoms with E-state index >= 15 is 0 Å².